The molecule has 0 saturated heterocycles. The molecule has 0 saturated carbocycles. The summed E-state index contributed by atoms with van der Waals surface area (Å²) in [6.07, 6.45) is 66.7. The van der Waals surface area contributed by atoms with Crippen LogP contribution in [0.4, 0.5) is 0 Å². The predicted molar refractivity (Wildman–Crippen MR) is 404 cm³/mol. The first kappa shape index (κ1) is 126. The van der Waals surface area contributed by atoms with Crippen molar-refractivity contribution in [1.82, 2.24) is 0 Å². The molecular weight excluding hydrogens is 2050 g/mol. The Morgan fingerprint density at radius 2 is 0.190 bits per heavy atom. The van der Waals surface area contributed by atoms with Crippen LogP contribution in [0.1, 0.15) is 466 Å². The van der Waals surface area contributed by atoms with E-state index in [4.69, 9.17) is 0 Å². The van der Waals surface area contributed by atoms with E-state index in [9.17, 15) is 79.2 Å². The van der Waals surface area contributed by atoms with Crippen molar-refractivity contribution in [2.24, 2.45) is 0 Å². The smallest absolute Gasteiger partial charge is 0.550 e. The summed E-state index contributed by atoms with van der Waals surface area (Å²) in [5, 5.41) is 80.2. The van der Waals surface area contributed by atoms with E-state index in [0.717, 1.165) is 103 Å². The van der Waals surface area contributed by atoms with Gasteiger partial charge in [-0.3, -0.25) is 0 Å². The first-order valence-corrected chi connectivity index (χ1v) is 39.8. The summed E-state index contributed by atoms with van der Waals surface area (Å²) in [5.41, 5.74) is 0. The fraction of sp³-hybridized carbons (Fsp3) is 0.900. The Balaban J connectivity index is -0.0000000880. The van der Waals surface area contributed by atoms with Gasteiger partial charge in [-0.05, 0) is 103 Å². The number of carbonyl (C=O) groups excluding carboxylic acids is 8. The Morgan fingerprint density at radius 3 is 0.250 bits per heavy atom. The Kier molecular flexibility index (Phi) is 154. The average molecular weight is 2200 g/mol. The third-order valence-electron chi connectivity index (χ3n) is 15.9. The summed E-state index contributed by atoms with van der Waals surface area (Å²) in [6.45, 7) is 17.5. The van der Waals surface area contributed by atoms with Crippen LogP contribution in [0, 0.1) is 0 Å². The number of carboxylic acid groups (broad SMARTS) is 8. The van der Waals surface area contributed by atoms with E-state index in [1.54, 1.807) is 0 Å². The maximum atomic E-state index is 10.0. The van der Waals surface area contributed by atoms with Gasteiger partial charge in [0.1, 0.15) is 0 Å². The van der Waals surface area contributed by atoms with Crippen molar-refractivity contribution in [2.45, 2.75) is 466 Å². The van der Waals surface area contributed by atoms with Crippen LogP contribution >= 0.6 is 0 Å². The van der Waals surface area contributed by atoms with E-state index in [2.05, 4.69) is 55.4 Å². The summed E-state index contributed by atoms with van der Waals surface area (Å²) in [4.78, 5) is 80.2. The van der Waals surface area contributed by atoms with Crippen molar-refractivity contribution >= 4 is 157 Å². The van der Waals surface area contributed by atoms with Gasteiger partial charge in [-0.15, -0.1) is 0 Å². The molecule has 0 aliphatic heterocycles. The number of hydrogen-bond donors (Lipinski definition) is 0. The quantitative estimate of drug-likeness (QED) is 0.0403. The molecule has 0 unspecified atom stereocenters. The molecule has 0 aromatic carbocycles. The van der Waals surface area contributed by atoms with Crippen molar-refractivity contribution in [2.75, 3.05) is 0 Å². The summed E-state index contributed by atoms with van der Waals surface area (Å²) < 4.78 is 0. The van der Waals surface area contributed by atoms with Crippen molar-refractivity contribution in [3.8, 4) is 0 Å². The normalized spacial score (nSPS) is 9.68. The number of unbranched alkanes of at least 4 members (excludes halogenated alkanes) is 48. The van der Waals surface area contributed by atoms with Crippen LogP contribution in [0.5, 0.6) is 0 Å². The number of aliphatic carboxylic acids is 8. The largest absolute Gasteiger partial charge is 2.00 e. The van der Waals surface area contributed by atoms with Crippen LogP contribution < -0.4 is 40.9 Å². The first-order chi connectivity index (χ1) is 46.2. The van der Waals surface area contributed by atoms with Gasteiger partial charge in [0.2, 0.25) is 0 Å². The molecule has 0 aromatic heterocycles. The molecular formula is C80H152O16Pb4. The fourth-order valence-electron chi connectivity index (χ4n) is 9.81. The van der Waals surface area contributed by atoms with Gasteiger partial charge >= 0.3 is 109 Å². The third-order valence-corrected chi connectivity index (χ3v) is 15.9. The van der Waals surface area contributed by atoms with Crippen LogP contribution in [0.15, 0.2) is 0 Å². The zero-order valence-electron chi connectivity index (χ0n) is 65.8. The molecule has 100 heavy (non-hydrogen) atoms. The van der Waals surface area contributed by atoms with Gasteiger partial charge in [0.25, 0.3) is 0 Å². The number of hydrogen-bond acceptors (Lipinski definition) is 16. The van der Waals surface area contributed by atoms with E-state index in [0.29, 0.717) is 0 Å². The SMILES string of the molecule is CCCCCCCCCC(=O)[O-].CCCCCCCCCC(=O)[O-].CCCCCCCCCC(=O)[O-].CCCCCCCCCC(=O)[O-].CCCCCCCCCC(=O)[O-].CCCCCCCCCC(=O)[O-].CCCCCCCCCC(=O)[O-].CCCCCCCCCC(=O)[O-].[Pb+2].[Pb+2].[Pb+2].[Pb+2]. The summed E-state index contributed by atoms with van der Waals surface area (Å²) in [7, 11) is 0. The Morgan fingerprint density at radius 1 is 0.130 bits per heavy atom. The zero-order valence-corrected chi connectivity index (χ0v) is 81.3. The standard InChI is InChI=1S/8C10H20O2.4Pb/c8*1-2-3-4-5-6-7-8-9-10(11)12;;;;/h8*2-9H2,1H3,(H,11,12);;;;/q;;;;;;;;4*+2/p-8. The predicted octanol–water partition coefficient (Wildman–Crippen LogP) is 13.5. The van der Waals surface area contributed by atoms with Crippen molar-refractivity contribution in [3.63, 3.8) is 0 Å². The molecule has 0 heterocycles. The molecule has 20 heteroatoms. The molecule has 0 amide bonds. The Hall–Kier alpha value is -0.552. The molecule has 0 fully saturated rings. The van der Waals surface area contributed by atoms with Gasteiger partial charge in [0.05, 0.1) is 0 Å². The number of carbonyl (C=O) groups is 8. The Labute approximate surface area is 695 Å². The topological polar surface area (TPSA) is 321 Å². The second kappa shape index (κ2) is 122. The van der Waals surface area contributed by atoms with Gasteiger partial charge < -0.3 is 79.2 Å². The van der Waals surface area contributed by atoms with Crippen LogP contribution in [-0.2, 0) is 38.4 Å². The van der Waals surface area contributed by atoms with Gasteiger partial charge in [-0.25, -0.2) is 0 Å². The van der Waals surface area contributed by atoms with Crippen LogP contribution in [0.25, 0.3) is 0 Å². The number of rotatable bonds is 64. The average Bonchev–Trinajstić information content (AvgIpc) is 3.60. The van der Waals surface area contributed by atoms with Crippen LogP contribution in [0.2, 0.25) is 0 Å². The van der Waals surface area contributed by atoms with E-state index in [1.165, 1.54) is 257 Å². The molecule has 8 radical (unpaired) electrons. The molecule has 584 valence electrons. The van der Waals surface area contributed by atoms with Crippen molar-refractivity contribution < 1.29 is 79.2 Å². The molecule has 0 rings (SSSR count). The van der Waals surface area contributed by atoms with Crippen LogP contribution in [0.3, 0.4) is 0 Å². The molecule has 0 bridgehead atoms. The molecule has 0 aromatic rings. The van der Waals surface area contributed by atoms with E-state index >= 15 is 0 Å². The van der Waals surface area contributed by atoms with E-state index in [-0.39, 0.29) is 161 Å². The molecule has 0 aliphatic carbocycles. The maximum absolute atomic E-state index is 10.0. The molecule has 0 spiro atoms. The fourth-order valence-corrected chi connectivity index (χ4v) is 9.81. The maximum Gasteiger partial charge on any atom is 2.00 e. The third kappa shape index (κ3) is 178. The second-order valence-electron chi connectivity index (χ2n) is 25.9. The zero-order chi connectivity index (χ0) is 73.9. The minimum Gasteiger partial charge on any atom is -0.550 e. The van der Waals surface area contributed by atoms with Gasteiger partial charge in [0.15, 0.2) is 0 Å². The number of carboxylic acids is 8. The summed E-state index contributed by atoms with van der Waals surface area (Å²) in [6, 6.07) is 0. The Bertz CT molecular complexity index is 1240. The minimum absolute atomic E-state index is 0. The van der Waals surface area contributed by atoms with Crippen LogP contribution in [-0.4, -0.2) is 157 Å². The molecule has 0 N–H and O–H groups in total. The molecule has 0 aliphatic rings. The van der Waals surface area contributed by atoms with Crippen molar-refractivity contribution in [1.29, 1.82) is 0 Å². The summed E-state index contributed by atoms with van der Waals surface area (Å²) in [5.74, 6) is -7.31. The van der Waals surface area contributed by atoms with E-state index < -0.39 is 47.8 Å². The van der Waals surface area contributed by atoms with Gasteiger partial charge in [-0.2, -0.15) is 0 Å². The minimum atomic E-state index is -0.913. The first-order valence-electron chi connectivity index (χ1n) is 39.8. The molecule has 0 atom stereocenters. The second-order valence-corrected chi connectivity index (χ2v) is 25.9. The monoisotopic (exact) mass is 2200 g/mol. The summed E-state index contributed by atoms with van der Waals surface area (Å²) >= 11 is 0. The molecule has 16 nitrogen and oxygen atoms in total. The van der Waals surface area contributed by atoms with Gasteiger partial charge in [-0.1, -0.05) is 364 Å². The van der Waals surface area contributed by atoms with Gasteiger partial charge in [0, 0.05) is 47.8 Å². The van der Waals surface area contributed by atoms with E-state index in [1.807, 2.05) is 0 Å². The van der Waals surface area contributed by atoms with Crippen molar-refractivity contribution in [3.05, 3.63) is 0 Å².